The summed E-state index contributed by atoms with van der Waals surface area (Å²) in [6.45, 7) is 1.35. The molecule has 4 nitrogen and oxygen atoms in total. The van der Waals surface area contributed by atoms with E-state index in [1.165, 1.54) is 11.1 Å². The van der Waals surface area contributed by atoms with Gasteiger partial charge in [0, 0.05) is 12.4 Å². The molecule has 0 bridgehead atoms. The molecule has 0 amide bonds. The lowest BCUT2D eigenvalue weighted by Gasteiger charge is -1.98. The molecule has 0 aromatic heterocycles. The third-order valence-electron chi connectivity index (χ3n) is 4.78. The minimum Gasteiger partial charge on any atom is -0.288 e. The number of benzene rings is 4. The number of nitrogens with zero attached hydrogens (tertiary/aromatic N) is 4. The Bertz CT molecular complexity index is 1080. The van der Waals surface area contributed by atoms with Crippen molar-refractivity contribution < 1.29 is 0 Å². The second kappa shape index (κ2) is 11.3. The van der Waals surface area contributed by atoms with Crippen LogP contribution in [0.4, 0.5) is 11.4 Å². The van der Waals surface area contributed by atoms with Gasteiger partial charge in [0.2, 0.25) is 0 Å². The van der Waals surface area contributed by atoms with Crippen molar-refractivity contribution in [3.8, 4) is 0 Å². The topological polar surface area (TPSA) is 49.4 Å². The first-order chi connectivity index (χ1) is 15.8. The summed E-state index contributed by atoms with van der Waals surface area (Å²) in [6.07, 6.45) is 3.76. The minimum absolute atomic E-state index is 0.676. The lowest BCUT2D eigenvalue weighted by molar-refractivity contribution is 1.08. The van der Waals surface area contributed by atoms with Crippen LogP contribution in [-0.2, 0) is 13.1 Å². The van der Waals surface area contributed by atoms with Crippen LogP contribution < -0.4 is 0 Å². The van der Waals surface area contributed by atoms with Crippen molar-refractivity contribution in [1.82, 2.24) is 0 Å². The van der Waals surface area contributed by atoms with Gasteiger partial charge in [0.1, 0.15) is 0 Å². The Morgan fingerprint density at radius 2 is 0.812 bits per heavy atom. The van der Waals surface area contributed by atoms with Crippen molar-refractivity contribution >= 4 is 23.8 Å². The zero-order chi connectivity index (χ0) is 21.8. The Hall–Kier alpha value is -4.18. The summed E-state index contributed by atoms with van der Waals surface area (Å²) in [5.74, 6) is 0. The highest BCUT2D eigenvalue weighted by atomic mass is 15.1. The molecule has 4 aromatic carbocycles. The first-order valence-electron chi connectivity index (χ1n) is 10.5. The van der Waals surface area contributed by atoms with Crippen molar-refractivity contribution in [2.45, 2.75) is 13.1 Å². The van der Waals surface area contributed by atoms with Crippen LogP contribution in [0.25, 0.3) is 0 Å². The van der Waals surface area contributed by atoms with Gasteiger partial charge in [-0.05, 0) is 46.5 Å². The molecule has 0 fully saturated rings. The average Bonchev–Trinajstić information content (AvgIpc) is 2.86. The molecule has 4 aromatic rings. The van der Waals surface area contributed by atoms with Gasteiger partial charge in [-0.1, -0.05) is 84.9 Å². The maximum atomic E-state index is 4.49. The van der Waals surface area contributed by atoms with Crippen LogP contribution in [0.15, 0.2) is 129 Å². The smallest absolute Gasteiger partial charge is 0.0857 e. The second-order valence-corrected chi connectivity index (χ2v) is 7.29. The molecule has 0 spiro atoms. The molecule has 0 saturated heterocycles. The van der Waals surface area contributed by atoms with Gasteiger partial charge in [-0.25, -0.2) is 0 Å². The Morgan fingerprint density at radius 3 is 1.19 bits per heavy atom. The number of rotatable bonds is 8. The summed E-state index contributed by atoms with van der Waals surface area (Å²) < 4.78 is 0. The zero-order valence-corrected chi connectivity index (χ0v) is 17.8. The molecule has 0 aliphatic heterocycles. The SMILES string of the molecule is C(=NCc1ccccc1)c1ccc(N=Nc2ccc(C=NCc3ccccc3)cc2)cc1. The number of hydrogen-bond donors (Lipinski definition) is 0. The summed E-state index contributed by atoms with van der Waals surface area (Å²) >= 11 is 0. The second-order valence-electron chi connectivity index (χ2n) is 7.29. The van der Waals surface area contributed by atoms with Gasteiger partial charge < -0.3 is 0 Å². The van der Waals surface area contributed by atoms with Crippen molar-refractivity contribution in [1.29, 1.82) is 0 Å². The Balaban J connectivity index is 1.29. The maximum Gasteiger partial charge on any atom is 0.0857 e. The van der Waals surface area contributed by atoms with Crippen molar-refractivity contribution in [2.24, 2.45) is 20.2 Å². The minimum atomic E-state index is 0.676. The predicted molar refractivity (Wildman–Crippen MR) is 133 cm³/mol. The predicted octanol–water partition coefficient (Wildman–Crippen LogP) is 7.34. The van der Waals surface area contributed by atoms with E-state index in [1.54, 1.807) is 0 Å². The van der Waals surface area contributed by atoms with E-state index in [4.69, 9.17) is 0 Å². The van der Waals surface area contributed by atoms with E-state index in [0.29, 0.717) is 13.1 Å². The summed E-state index contributed by atoms with van der Waals surface area (Å²) in [4.78, 5) is 8.98. The van der Waals surface area contributed by atoms with E-state index in [0.717, 1.165) is 22.5 Å². The average molecular weight is 417 g/mol. The van der Waals surface area contributed by atoms with Crippen molar-refractivity contribution in [2.75, 3.05) is 0 Å². The fraction of sp³-hybridized carbons (Fsp3) is 0.0714. The Morgan fingerprint density at radius 1 is 0.438 bits per heavy atom. The third kappa shape index (κ3) is 6.67. The molecule has 0 heterocycles. The van der Waals surface area contributed by atoms with Crippen LogP contribution in [0.1, 0.15) is 22.3 Å². The van der Waals surface area contributed by atoms with Gasteiger partial charge in [0.05, 0.1) is 24.5 Å². The molecular weight excluding hydrogens is 392 g/mol. The number of azo groups is 1. The molecule has 0 saturated carbocycles. The van der Waals surface area contributed by atoms with E-state index in [-0.39, 0.29) is 0 Å². The van der Waals surface area contributed by atoms with E-state index in [9.17, 15) is 0 Å². The fourth-order valence-electron chi connectivity index (χ4n) is 3.05. The van der Waals surface area contributed by atoms with Gasteiger partial charge in [-0.3, -0.25) is 9.98 Å². The lowest BCUT2D eigenvalue weighted by Crippen LogP contribution is -1.84. The highest BCUT2D eigenvalue weighted by molar-refractivity contribution is 5.80. The van der Waals surface area contributed by atoms with Gasteiger partial charge in [-0.15, -0.1) is 0 Å². The summed E-state index contributed by atoms with van der Waals surface area (Å²) in [5.41, 5.74) is 6.08. The maximum absolute atomic E-state index is 4.49. The van der Waals surface area contributed by atoms with Crippen molar-refractivity contribution in [3.63, 3.8) is 0 Å². The normalized spacial score (nSPS) is 11.6. The van der Waals surface area contributed by atoms with Gasteiger partial charge >= 0.3 is 0 Å². The largest absolute Gasteiger partial charge is 0.288 e. The first-order valence-corrected chi connectivity index (χ1v) is 10.5. The molecule has 4 rings (SSSR count). The van der Waals surface area contributed by atoms with E-state index in [2.05, 4.69) is 44.5 Å². The number of aliphatic imine (C=N–C) groups is 2. The summed E-state index contributed by atoms with van der Waals surface area (Å²) in [6, 6.07) is 36.2. The number of hydrogen-bond acceptors (Lipinski definition) is 4. The van der Waals surface area contributed by atoms with Crippen LogP contribution in [0.2, 0.25) is 0 Å². The standard InChI is InChI=1S/C28H24N4/c1-3-7-23(8-4-1)19-29-21-25-11-15-27(16-12-25)31-32-28-17-13-26(14-18-28)22-30-20-24-9-5-2-6-10-24/h1-18,21-22H,19-20H2. The van der Waals surface area contributed by atoms with Crippen LogP contribution in [-0.4, -0.2) is 12.4 Å². The molecule has 0 unspecified atom stereocenters. The fourth-order valence-corrected chi connectivity index (χ4v) is 3.05. The summed E-state index contributed by atoms with van der Waals surface area (Å²) in [5, 5.41) is 8.65. The first kappa shape index (κ1) is 21.1. The zero-order valence-electron chi connectivity index (χ0n) is 17.8. The molecule has 0 aliphatic rings. The highest BCUT2D eigenvalue weighted by Gasteiger charge is 1.94. The molecule has 0 N–H and O–H groups in total. The molecule has 0 aliphatic carbocycles. The quantitative estimate of drug-likeness (QED) is 0.213. The Labute approximate surface area is 188 Å². The van der Waals surface area contributed by atoms with Crippen LogP contribution in [0.5, 0.6) is 0 Å². The molecule has 32 heavy (non-hydrogen) atoms. The van der Waals surface area contributed by atoms with Crippen molar-refractivity contribution in [3.05, 3.63) is 131 Å². The monoisotopic (exact) mass is 416 g/mol. The van der Waals surface area contributed by atoms with Gasteiger partial charge in [0.25, 0.3) is 0 Å². The molecule has 156 valence electrons. The van der Waals surface area contributed by atoms with E-state index >= 15 is 0 Å². The highest BCUT2D eigenvalue weighted by Crippen LogP contribution is 2.19. The molecule has 0 atom stereocenters. The van der Waals surface area contributed by atoms with Crippen LogP contribution >= 0.6 is 0 Å². The van der Waals surface area contributed by atoms with E-state index < -0.39 is 0 Å². The summed E-state index contributed by atoms with van der Waals surface area (Å²) in [7, 11) is 0. The molecule has 4 heteroatoms. The Kier molecular flexibility index (Phi) is 7.42. The van der Waals surface area contributed by atoms with Crippen LogP contribution in [0, 0.1) is 0 Å². The van der Waals surface area contributed by atoms with Gasteiger partial charge in [0.15, 0.2) is 0 Å². The van der Waals surface area contributed by atoms with Crippen LogP contribution in [0.3, 0.4) is 0 Å². The molecule has 0 radical (unpaired) electrons. The lowest BCUT2D eigenvalue weighted by atomic mass is 10.2. The third-order valence-corrected chi connectivity index (χ3v) is 4.78. The van der Waals surface area contributed by atoms with Gasteiger partial charge in [-0.2, -0.15) is 10.2 Å². The molecular formula is C28H24N4. The van der Waals surface area contributed by atoms with E-state index in [1.807, 2.05) is 97.4 Å².